The topological polar surface area (TPSA) is 20.2 Å². The summed E-state index contributed by atoms with van der Waals surface area (Å²) in [4.78, 5) is 0. The van der Waals surface area contributed by atoms with Gasteiger partial charge in [0.15, 0.2) is 0 Å². The van der Waals surface area contributed by atoms with Gasteiger partial charge in [0.05, 0.1) is 5.60 Å². The third-order valence-electron chi connectivity index (χ3n) is 5.18. The summed E-state index contributed by atoms with van der Waals surface area (Å²) in [6.45, 7) is 7.06. The van der Waals surface area contributed by atoms with Gasteiger partial charge >= 0.3 is 0 Å². The number of hydrogen-bond donors (Lipinski definition) is 1. The van der Waals surface area contributed by atoms with E-state index in [1.807, 2.05) is 0 Å². The quantitative estimate of drug-likeness (QED) is 0.664. The molecule has 0 aliphatic heterocycles. The van der Waals surface area contributed by atoms with Gasteiger partial charge < -0.3 is 5.11 Å². The van der Waals surface area contributed by atoms with E-state index in [-0.39, 0.29) is 5.60 Å². The number of aliphatic hydroxyl groups is 1. The SMILES string of the molecule is CC(C)(C)C1CCCC(O)(C2CCC2)CC1. The Morgan fingerprint density at radius 2 is 1.62 bits per heavy atom. The van der Waals surface area contributed by atoms with Crippen molar-refractivity contribution in [3.63, 3.8) is 0 Å². The fraction of sp³-hybridized carbons (Fsp3) is 1.00. The van der Waals surface area contributed by atoms with Gasteiger partial charge in [0, 0.05) is 0 Å². The van der Waals surface area contributed by atoms with Crippen LogP contribution in [0.25, 0.3) is 0 Å². The minimum Gasteiger partial charge on any atom is -0.390 e. The van der Waals surface area contributed by atoms with Gasteiger partial charge in [-0.15, -0.1) is 0 Å². The van der Waals surface area contributed by atoms with Crippen LogP contribution >= 0.6 is 0 Å². The van der Waals surface area contributed by atoms with Crippen LogP contribution in [0.1, 0.15) is 72.1 Å². The van der Waals surface area contributed by atoms with Gasteiger partial charge in [-0.05, 0) is 55.8 Å². The first-order valence-electron chi connectivity index (χ1n) is 7.14. The van der Waals surface area contributed by atoms with Gasteiger partial charge in [-0.25, -0.2) is 0 Å². The zero-order valence-electron chi connectivity index (χ0n) is 11.3. The Kier molecular flexibility index (Phi) is 3.36. The maximum atomic E-state index is 10.8. The van der Waals surface area contributed by atoms with Crippen LogP contribution in [-0.2, 0) is 0 Å². The summed E-state index contributed by atoms with van der Waals surface area (Å²) in [5.74, 6) is 1.44. The molecule has 2 atom stereocenters. The van der Waals surface area contributed by atoms with Gasteiger partial charge in [-0.3, -0.25) is 0 Å². The molecule has 2 aliphatic rings. The van der Waals surface area contributed by atoms with E-state index in [1.54, 1.807) is 0 Å². The summed E-state index contributed by atoms with van der Waals surface area (Å²) in [5.41, 5.74) is 0.128. The average Bonchev–Trinajstić information content (AvgIpc) is 2.22. The van der Waals surface area contributed by atoms with E-state index >= 15 is 0 Å². The standard InChI is InChI=1S/C15H28O/c1-14(2,3)12-8-5-10-15(16,11-9-12)13-6-4-7-13/h12-13,16H,4-11H2,1-3H3. The largest absolute Gasteiger partial charge is 0.390 e. The number of rotatable bonds is 1. The molecular formula is C15H28O. The molecule has 2 unspecified atom stereocenters. The zero-order chi connectivity index (χ0) is 11.8. The van der Waals surface area contributed by atoms with Gasteiger partial charge in [-0.1, -0.05) is 33.6 Å². The van der Waals surface area contributed by atoms with Crippen LogP contribution in [0.3, 0.4) is 0 Å². The summed E-state index contributed by atoms with van der Waals surface area (Å²) < 4.78 is 0. The predicted octanol–water partition coefficient (Wildman–Crippen LogP) is 4.14. The van der Waals surface area contributed by atoms with Gasteiger partial charge in [-0.2, -0.15) is 0 Å². The van der Waals surface area contributed by atoms with E-state index in [9.17, 15) is 5.11 Å². The molecule has 1 heteroatoms. The highest BCUT2D eigenvalue weighted by molar-refractivity contribution is 4.94. The van der Waals surface area contributed by atoms with Crippen molar-refractivity contribution in [3.05, 3.63) is 0 Å². The molecule has 0 saturated heterocycles. The third kappa shape index (κ3) is 2.45. The molecule has 0 amide bonds. The highest BCUT2D eigenvalue weighted by Gasteiger charge is 2.42. The lowest BCUT2D eigenvalue weighted by Gasteiger charge is -2.41. The smallest absolute Gasteiger partial charge is 0.0675 e. The van der Waals surface area contributed by atoms with Gasteiger partial charge in [0.1, 0.15) is 0 Å². The highest BCUT2D eigenvalue weighted by Crippen LogP contribution is 2.46. The fourth-order valence-corrected chi connectivity index (χ4v) is 3.57. The van der Waals surface area contributed by atoms with Crippen LogP contribution in [0, 0.1) is 17.3 Å². The molecule has 1 nitrogen and oxygen atoms in total. The molecule has 0 heterocycles. The minimum absolute atomic E-state index is 0.293. The molecule has 0 aromatic carbocycles. The molecule has 94 valence electrons. The van der Waals surface area contributed by atoms with E-state index in [1.165, 1.54) is 38.5 Å². The molecule has 2 rings (SSSR count). The molecule has 2 fully saturated rings. The van der Waals surface area contributed by atoms with Crippen LogP contribution in [0.5, 0.6) is 0 Å². The van der Waals surface area contributed by atoms with Crippen molar-refractivity contribution in [2.45, 2.75) is 77.7 Å². The van der Waals surface area contributed by atoms with Crippen LogP contribution in [0.4, 0.5) is 0 Å². The maximum absolute atomic E-state index is 10.8. The Morgan fingerprint density at radius 1 is 0.938 bits per heavy atom. The van der Waals surface area contributed by atoms with E-state index < -0.39 is 0 Å². The molecule has 2 saturated carbocycles. The van der Waals surface area contributed by atoms with Crippen LogP contribution < -0.4 is 0 Å². The van der Waals surface area contributed by atoms with Crippen LogP contribution in [0.15, 0.2) is 0 Å². The number of hydrogen-bond acceptors (Lipinski definition) is 1. The van der Waals surface area contributed by atoms with Crippen molar-refractivity contribution in [3.8, 4) is 0 Å². The summed E-state index contributed by atoms with van der Waals surface area (Å²) in [6, 6.07) is 0. The van der Waals surface area contributed by atoms with E-state index in [0.717, 1.165) is 18.8 Å². The summed E-state index contributed by atoms with van der Waals surface area (Å²) in [7, 11) is 0. The van der Waals surface area contributed by atoms with Gasteiger partial charge in [0.25, 0.3) is 0 Å². The Balaban J connectivity index is 1.97. The second kappa shape index (κ2) is 4.33. The van der Waals surface area contributed by atoms with Crippen LogP contribution in [0.2, 0.25) is 0 Å². The molecule has 1 N–H and O–H groups in total. The van der Waals surface area contributed by atoms with Gasteiger partial charge in [0.2, 0.25) is 0 Å². The lowest BCUT2D eigenvalue weighted by Crippen LogP contribution is -2.41. The lowest BCUT2D eigenvalue weighted by atomic mass is 9.69. The zero-order valence-corrected chi connectivity index (χ0v) is 11.3. The first kappa shape index (κ1) is 12.4. The van der Waals surface area contributed by atoms with Crippen LogP contribution in [-0.4, -0.2) is 10.7 Å². The van der Waals surface area contributed by atoms with E-state index in [4.69, 9.17) is 0 Å². The van der Waals surface area contributed by atoms with Crippen molar-refractivity contribution in [2.75, 3.05) is 0 Å². The highest BCUT2D eigenvalue weighted by atomic mass is 16.3. The van der Waals surface area contributed by atoms with Crippen molar-refractivity contribution in [1.82, 2.24) is 0 Å². The van der Waals surface area contributed by atoms with E-state index in [2.05, 4.69) is 20.8 Å². The summed E-state index contributed by atoms with van der Waals surface area (Å²) in [5, 5.41) is 10.8. The first-order valence-corrected chi connectivity index (χ1v) is 7.14. The third-order valence-corrected chi connectivity index (χ3v) is 5.18. The summed E-state index contributed by atoms with van der Waals surface area (Å²) in [6.07, 6.45) is 9.79. The predicted molar refractivity (Wildman–Crippen MR) is 68.3 cm³/mol. The van der Waals surface area contributed by atoms with Crippen molar-refractivity contribution >= 4 is 0 Å². The second-order valence-corrected chi connectivity index (χ2v) is 7.23. The molecule has 16 heavy (non-hydrogen) atoms. The average molecular weight is 224 g/mol. The molecule has 0 aromatic heterocycles. The normalized spacial score (nSPS) is 37.9. The van der Waals surface area contributed by atoms with E-state index in [0.29, 0.717) is 11.3 Å². The molecule has 0 aromatic rings. The molecule has 2 aliphatic carbocycles. The molecular weight excluding hydrogens is 196 g/mol. The van der Waals surface area contributed by atoms with Crippen molar-refractivity contribution < 1.29 is 5.11 Å². The summed E-state index contributed by atoms with van der Waals surface area (Å²) >= 11 is 0. The fourth-order valence-electron chi connectivity index (χ4n) is 3.57. The van der Waals surface area contributed by atoms with Crippen molar-refractivity contribution in [2.24, 2.45) is 17.3 Å². The Hall–Kier alpha value is -0.0400. The molecule has 0 radical (unpaired) electrons. The molecule has 0 spiro atoms. The first-order chi connectivity index (χ1) is 7.42. The Labute approximate surface area is 101 Å². The Bertz CT molecular complexity index is 236. The minimum atomic E-state index is -0.293. The Morgan fingerprint density at radius 3 is 2.12 bits per heavy atom. The monoisotopic (exact) mass is 224 g/mol. The second-order valence-electron chi connectivity index (χ2n) is 7.23. The lowest BCUT2D eigenvalue weighted by molar-refractivity contribution is -0.0631. The molecule has 0 bridgehead atoms. The maximum Gasteiger partial charge on any atom is 0.0675 e. The van der Waals surface area contributed by atoms with Crippen molar-refractivity contribution in [1.29, 1.82) is 0 Å².